The Balaban J connectivity index is 0.00000145. The molecule has 164 valence electrons. The van der Waals surface area contributed by atoms with Crippen LogP contribution in [0.25, 0.3) is 0 Å². The second kappa shape index (κ2) is 10.2. The van der Waals surface area contributed by atoms with E-state index in [2.05, 4.69) is 0 Å². The predicted molar refractivity (Wildman–Crippen MR) is 107 cm³/mol. The fourth-order valence-corrected chi connectivity index (χ4v) is 4.47. The molecule has 2 aliphatic rings. The van der Waals surface area contributed by atoms with Crippen molar-refractivity contribution in [3.05, 3.63) is 41.7 Å². The van der Waals surface area contributed by atoms with Crippen LogP contribution < -0.4 is 0 Å². The smallest absolute Gasteiger partial charge is 0.165 e. The van der Waals surface area contributed by atoms with E-state index in [1.54, 1.807) is 6.07 Å². The SMILES string of the molecule is CO.C[C@]1(C2C=CC(Cl)C(Cc3ccc(O)c(F)c3)C2)CC(O)[C@H](O)C(CO)O1. The lowest BCUT2D eigenvalue weighted by molar-refractivity contribution is -0.231. The van der Waals surface area contributed by atoms with Gasteiger partial charge in [-0.25, -0.2) is 4.39 Å². The van der Waals surface area contributed by atoms with Gasteiger partial charge in [-0.15, -0.1) is 11.6 Å². The summed E-state index contributed by atoms with van der Waals surface area (Å²) in [5.41, 5.74) is -0.00806. The van der Waals surface area contributed by atoms with Crippen LogP contribution in [0.2, 0.25) is 0 Å². The fraction of sp³-hybridized carbons (Fsp3) is 0.619. The van der Waals surface area contributed by atoms with Crippen molar-refractivity contribution >= 4 is 11.6 Å². The molecule has 0 saturated carbocycles. The molecule has 0 amide bonds. The van der Waals surface area contributed by atoms with Crippen molar-refractivity contribution in [2.24, 2.45) is 11.8 Å². The topological polar surface area (TPSA) is 110 Å². The number of ether oxygens (including phenoxy) is 1. The average Bonchev–Trinajstić information content (AvgIpc) is 2.70. The highest BCUT2D eigenvalue weighted by Gasteiger charge is 2.48. The van der Waals surface area contributed by atoms with E-state index in [1.165, 1.54) is 12.1 Å². The van der Waals surface area contributed by atoms with E-state index in [0.717, 1.165) is 12.7 Å². The van der Waals surface area contributed by atoms with Crippen LogP contribution in [-0.2, 0) is 11.2 Å². The molecule has 1 aromatic rings. The van der Waals surface area contributed by atoms with Gasteiger partial charge in [-0.1, -0.05) is 18.2 Å². The number of rotatable bonds is 4. The molecule has 1 heterocycles. The summed E-state index contributed by atoms with van der Waals surface area (Å²) in [5.74, 6) is -1.10. The molecular formula is C21H30ClFO6. The van der Waals surface area contributed by atoms with Crippen molar-refractivity contribution in [3.63, 3.8) is 0 Å². The molecule has 0 spiro atoms. The number of phenols is 1. The summed E-state index contributed by atoms with van der Waals surface area (Å²) in [7, 11) is 1.00. The molecule has 0 bridgehead atoms. The van der Waals surface area contributed by atoms with Gasteiger partial charge in [0.05, 0.1) is 23.7 Å². The van der Waals surface area contributed by atoms with Crippen LogP contribution >= 0.6 is 11.6 Å². The van der Waals surface area contributed by atoms with Gasteiger partial charge < -0.3 is 30.3 Å². The number of alkyl halides is 1. The number of allylic oxidation sites excluding steroid dienone is 1. The Bertz CT molecular complexity index is 702. The third kappa shape index (κ3) is 5.48. The molecule has 29 heavy (non-hydrogen) atoms. The van der Waals surface area contributed by atoms with Gasteiger partial charge in [-0.2, -0.15) is 0 Å². The molecule has 1 aliphatic heterocycles. The van der Waals surface area contributed by atoms with Gasteiger partial charge in [0.15, 0.2) is 11.6 Å². The number of halogens is 2. The van der Waals surface area contributed by atoms with Crippen molar-refractivity contribution < 1.29 is 34.7 Å². The van der Waals surface area contributed by atoms with Crippen LogP contribution in [0.1, 0.15) is 25.3 Å². The Morgan fingerprint density at radius 3 is 2.55 bits per heavy atom. The van der Waals surface area contributed by atoms with Gasteiger partial charge in [0, 0.05) is 19.4 Å². The number of phenolic OH excluding ortho intramolecular Hbond substituents is 1. The maximum absolute atomic E-state index is 13.6. The normalized spacial score (nSPS) is 37.0. The molecule has 5 N–H and O–H groups in total. The van der Waals surface area contributed by atoms with Gasteiger partial charge in [0.25, 0.3) is 0 Å². The molecule has 1 aromatic carbocycles. The monoisotopic (exact) mass is 432 g/mol. The quantitative estimate of drug-likeness (QED) is 0.366. The van der Waals surface area contributed by atoms with Gasteiger partial charge in [-0.3, -0.25) is 0 Å². The Morgan fingerprint density at radius 1 is 1.24 bits per heavy atom. The van der Waals surface area contributed by atoms with Crippen molar-refractivity contribution in [1.82, 2.24) is 0 Å². The summed E-state index contributed by atoms with van der Waals surface area (Å²) in [6.45, 7) is 1.49. The third-order valence-electron chi connectivity index (χ3n) is 5.82. The largest absolute Gasteiger partial charge is 0.505 e. The van der Waals surface area contributed by atoms with E-state index < -0.39 is 29.7 Å². The number of hydrogen-bond donors (Lipinski definition) is 5. The van der Waals surface area contributed by atoms with E-state index in [-0.39, 0.29) is 36.0 Å². The molecule has 0 aromatic heterocycles. The van der Waals surface area contributed by atoms with E-state index >= 15 is 0 Å². The highest BCUT2D eigenvalue weighted by atomic mass is 35.5. The zero-order valence-corrected chi connectivity index (χ0v) is 17.3. The minimum absolute atomic E-state index is 0.0163. The number of aromatic hydroxyl groups is 1. The van der Waals surface area contributed by atoms with Crippen LogP contribution in [0.5, 0.6) is 5.75 Å². The summed E-state index contributed by atoms with van der Waals surface area (Å²) in [5, 5.41) is 45.8. The summed E-state index contributed by atoms with van der Waals surface area (Å²) >= 11 is 6.46. The summed E-state index contributed by atoms with van der Waals surface area (Å²) < 4.78 is 19.6. The first-order chi connectivity index (χ1) is 13.7. The third-order valence-corrected chi connectivity index (χ3v) is 6.32. The van der Waals surface area contributed by atoms with Crippen molar-refractivity contribution in [1.29, 1.82) is 0 Å². The number of hydrogen-bond acceptors (Lipinski definition) is 6. The number of aliphatic hydroxyl groups is 4. The molecule has 1 saturated heterocycles. The van der Waals surface area contributed by atoms with E-state index in [9.17, 15) is 24.8 Å². The molecule has 7 atom stereocenters. The van der Waals surface area contributed by atoms with Crippen LogP contribution in [0.4, 0.5) is 4.39 Å². The number of benzene rings is 1. The lowest BCUT2D eigenvalue weighted by Gasteiger charge is -2.48. The molecule has 1 aliphatic carbocycles. The molecule has 5 unspecified atom stereocenters. The Kier molecular flexibility index (Phi) is 8.46. The fourth-order valence-electron chi connectivity index (χ4n) is 4.19. The van der Waals surface area contributed by atoms with E-state index in [0.29, 0.717) is 12.8 Å². The second-order valence-corrected chi connectivity index (χ2v) is 8.34. The minimum Gasteiger partial charge on any atom is -0.505 e. The van der Waals surface area contributed by atoms with E-state index in [4.69, 9.17) is 21.4 Å². The highest BCUT2D eigenvalue weighted by Crippen LogP contribution is 2.42. The molecule has 1 fully saturated rings. The van der Waals surface area contributed by atoms with Crippen molar-refractivity contribution in [2.45, 2.75) is 55.5 Å². The number of aliphatic hydroxyl groups excluding tert-OH is 4. The summed E-state index contributed by atoms with van der Waals surface area (Å²) in [6, 6.07) is 4.32. The maximum atomic E-state index is 13.6. The molecule has 6 nitrogen and oxygen atoms in total. The summed E-state index contributed by atoms with van der Waals surface area (Å²) in [4.78, 5) is 0. The standard InChI is InChI=1S/C20H26ClFO5.CH4O/c1-20(9-17(25)19(26)18(10-23)27-20)13-3-4-14(21)12(8-13)6-11-2-5-16(24)15(22)7-11;1-2/h2-5,7,12-14,17-19,23-26H,6,8-10H2,1H3;2H,1H3/t12?,13?,14?,17?,18?,19-,20+;/m0./s1. The van der Waals surface area contributed by atoms with Crippen molar-refractivity contribution in [3.8, 4) is 5.75 Å². The Morgan fingerprint density at radius 2 is 1.93 bits per heavy atom. The van der Waals surface area contributed by atoms with Crippen LogP contribution in [0.15, 0.2) is 30.4 Å². The molecule has 3 rings (SSSR count). The minimum atomic E-state index is -1.12. The predicted octanol–water partition coefficient (Wildman–Crippen LogP) is 1.74. The summed E-state index contributed by atoms with van der Waals surface area (Å²) in [6.07, 6.45) is 2.35. The van der Waals surface area contributed by atoms with E-state index in [1.807, 2.05) is 19.1 Å². The first-order valence-corrected chi connectivity index (χ1v) is 10.1. The van der Waals surface area contributed by atoms with Crippen LogP contribution in [0.3, 0.4) is 0 Å². The van der Waals surface area contributed by atoms with Crippen LogP contribution in [-0.4, -0.2) is 68.5 Å². The van der Waals surface area contributed by atoms with Gasteiger partial charge >= 0.3 is 0 Å². The maximum Gasteiger partial charge on any atom is 0.165 e. The zero-order chi connectivity index (χ0) is 21.8. The lowest BCUT2D eigenvalue weighted by Crippen LogP contribution is -2.57. The second-order valence-electron chi connectivity index (χ2n) is 7.84. The highest BCUT2D eigenvalue weighted by molar-refractivity contribution is 6.22. The van der Waals surface area contributed by atoms with Gasteiger partial charge in [0.2, 0.25) is 0 Å². The van der Waals surface area contributed by atoms with Crippen molar-refractivity contribution in [2.75, 3.05) is 13.7 Å². The average molecular weight is 433 g/mol. The first kappa shape index (κ1) is 24.1. The Labute approximate surface area is 175 Å². The molecular weight excluding hydrogens is 403 g/mol. The van der Waals surface area contributed by atoms with Gasteiger partial charge in [0.1, 0.15) is 12.2 Å². The van der Waals surface area contributed by atoms with Crippen LogP contribution in [0, 0.1) is 17.7 Å². The zero-order valence-electron chi connectivity index (χ0n) is 16.6. The first-order valence-electron chi connectivity index (χ1n) is 9.63. The lowest BCUT2D eigenvalue weighted by atomic mass is 9.71. The molecule has 8 heteroatoms. The Hall–Kier alpha value is -1.22. The molecule has 0 radical (unpaired) electrons. The van der Waals surface area contributed by atoms with Gasteiger partial charge in [-0.05, 0) is 43.4 Å².